The quantitative estimate of drug-likeness (QED) is 0.800. The first kappa shape index (κ1) is 13.3. The Morgan fingerprint density at radius 3 is 2.95 bits per heavy atom. The van der Waals surface area contributed by atoms with E-state index in [-0.39, 0.29) is 13.0 Å². The molecule has 2 rings (SSSR count). The number of hydrogen-bond donors (Lipinski definition) is 3. The highest BCUT2D eigenvalue weighted by molar-refractivity contribution is 7.18. The zero-order valence-corrected chi connectivity index (χ0v) is 11.1. The van der Waals surface area contributed by atoms with Gasteiger partial charge < -0.3 is 15.7 Å². The number of carboxylic acids is 1. The van der Waals surface area contributed by atoms with E-state index < -0.39 is 12.0 Å². The van der Waals surface area contributed by atoms with Gasteiger partial charge in [-0.2, -0.15) is 0 Å². The smallest absolute Gasteiger partial charge is 0.319 e. The Morgan fingerprint density at radius 2 is 2.21 bits per heavy atom. The number of aryl methyl sites for hydroxylation is 1. The van der Waals surface area contributed by atoms with Gasteiger partial charge >= 0.3 is 12.0 Å². The number of rotatable bonds is 4. The van der Waals surface area contributed by atoms with Crippen LogP contribution in [0.5, 0.6) is 0 Å². The zero-order valence-electron chi connectivity index (χ0n) is 10.3. The van der Waals surface area contributed by atoms with E-state index in [2.05, 4.69) is 15.6 Å². The van der Waals surface area contributed by atoms with Gasteiger partial charge in [0.2, 0.25) is 0 Å². The summed E-state index contributed by atoms with van der Waals surface area (Å²) in [6.07, 6.45) is -0.0967. The monoisotopic (exact) mass is 279 g/mol. The van der Waals surface area contributed by atoms with Crippen molar-refractivity contribution in [1.29, 1.82) is 0 Å². The van der Waals surface area contributed by atoms with Crippen molar-refractivity contribution >= 4 is 39.2 Å². The highest BCUT2D eigenvalue weighted by Gasteiger charge is 2.05. The highest BCUT2D eigenvalue weighted by atomic mass is 32.1. The number of hydrogen-bond acceptors (Lipinski definition) is 4. The van der Waals surface area contributed by atoms with E-state index in [1.54, 1.807) is 17.4 Å². The number of nitrogens with one attached hydrogen (secondary N) is 2. The minimum Gasteiger partial charge on any atom is -0.481 e. The predicted molar refractivity (Wildman–Crippen MR) is 73.6 cm³/mol. The number of aromatic nitrogens is 1. The van der Waals surface area contributed by atoms with Gasteiger partial charge in [-0.1, -0.05) is 0 Å². The molecule has 1 aromatic carbocycles. The Kier molecular flexibility index (Phi) is 3.96. The molecule has 0 unspecified atom stereocenters. The van der Waals surface area contributed by atoms with Crippen molar-refractivity contribution in [2.45, 2.75) is 13.3 Å². The predicted octanol–water partition coefficient (Wildman–Crippen LogP) is 2.20. The van der Waals surface area contributed by atoms with Crippen molar-refractivity contribution in [3.05, 3.63) is 23.2 Å². The molecule has 0 aliphatic heterocycles. The molecule has 0 aliphatic carbocycles. The van der Waals surface area contributed by atoms with Crippen LogP contribution in [0.4, 0.5) is 10.5 Å². The van der Waals surface area contributed by atoms with Gasteiger partial charge in [0, 0.05) is 12.2 Å². The summed E-state index contributed by atoms with van der Waals surface area (Å²) in [5.41, 5.74) is 1.56. The summed E-state index contributed by atoms with van der Waals surface area (Å²) in [5, 5.41) is 14.6. The van der Waals surface area contributed by atoms with E-state index in [0.29, 0.717) is 5.69 Å². The maximum Gasteiger partial charge on any atom is 0.319 e. The lowest BCUT2D eigenvalue weighted by Crippen LogP contribution is -2.30. The molecule has 3 N–H and O–H groups in total. The number of aliphatic carboxylic acids is 1. The van der Waals surface area contributed by atoms with E-state index in [4.69, 9.17) is 5.11 Å². The zero-order chi connectivity index (χ0) is 13.8. The van der Waals surface area contributed by atoms with Crippen LogP contribution in [0.2, 0.25) is 0 Å². The van der Waals surface area contributed by atoms with Gasteiger partial charge in [-0.05, 0) is 25.1 Å². The molecule has 0 aliphatic rings. The summed E-state index contributed by atoms with van der Waals surface area (Å²) in [7, 11) is 0. The van der Waals surface area contributed by atoms with E-state index in [9.17, 15) is 9.59 Å². The fraction of sp³-hybridized carbons (Fsp3) is 0.250. The molecule has 0 spiro atoms. The minimum absolute atomic E-state index is 0.0967. The lowest BCUT2D eigenvalue weighted by Gasteiger charge is -2.06. The molecular weight excluding hydrogens is 266 g/mol. The summed E-state index contributed by atoms with van der Waals surface area (Å²) in [5.74, 6) is -0.943. The molecule has 6 nitrogen and oxygen atoms in total. The molecule has 0 radical (unpaired) electrons. The molecule has 7 heteroatoms. The van der Waals surface area contributed by atoms with Crippen LogP contribution in [-0.2, 0) is 4.79 Å². The Bertz CT molecular complexity index is 624. The molecule has 0 saturated heterocycles. The van der Waals surface area contributed by atoms with Gasteiger partial charge in [-0.15, -0.1) is 11.3 Å². The summed E-state index contributed by atoms with van der Waals surface area (Å²) in [6, 6.07) is 5.03. The number of anilines is 1. The lowest BCUT2D eigenvalue weighted by atomic mass is 10.3. The standard InChI is InChI=1S/C12H13N3O3S/c1-7-14-9-3-2-8(6-10(9)19-7)15-12(18)13-5-4-11(16)17/h2-3,6H,4-5H2,1H3,(H,16,17)(H2,13,15,18). The van der Waals surface area contributed by atoms with Crippen molar-refractivity contribution in [3.63, 3.8) is 0 Å². The number of carbonyl (C=O) groups excluding carboxylic acids is 1. The first-order chi connectivity index (χ1) is 9.04. The fourth-order valence-electron chi connectivity index (χ4n) is 1.58. The molecule has 100 valence electrons. The van der Waals surface area contributed by atoms with E-state index in [1.807, 2.05) is 19.1 Å². The Labute approximate surface area is 113 Å². The largest absolute Gasteiger partial charge is 0.481 e. The third-order valence-electron chi connectivity index (χ3n) is 2.38. The van der Waals surface area contributed by atoms with E-state index in [0.717, 1.165) is 15.2 Å². The topological polar surface area (TPSA) is 91.3 Å². The summed E-state index contributed by atoms with van der Waals surface area (Å²) in [4.78, 5) is 26.1. The van der Waals surface area contributed by atoms with E-state index in [1.165, 1.54) is 0 Å². The molecule has 2 amide bonds. The molecule has 1 heterocycles. The molecule has 19 heavy (non-hydrogen) atoms. The maximum absolute atomic E-state index is 11.5. The third-order valence-corrected chi connectivity index (χ3v) is 3.31. The number of urea groups is 1. The summed E-state index contributed by atoms with van der Waals surface area (Å²) >= 11 is 1.55. The van der Waals surface area contributed by atoms with Crippen molar-refractivity contribution in [1.82, 2.24) is 10.3 Å². The maximum atomic E-state index is 11.5. The molecular formula is C12H13N3O3S. The number of carbonyl (C=O) groups is 2. The molecule has 0 atom stereocenters. The van der Waals surface area contributed by atoms with Gasteiger partial charge in [-0.3, -0.25) is 4.79 Å². The van der Waals surface area contributed by atoms with Crippen LogP contribution < -0.4 is 10.6 Å². The summed E-state index contributed by atoms with van der Waals surface area (Å²) in [6.45, 7) is 2.03. The van der Waals surface area contributed by atoms with Gasteiger partial charge in [0.05, 0.1) is 21.6 Å². The number of carboxylic acid groups (broad SMARTS) is 1. The Morgan fingerprint density at radius 1 is 1.42 bits per heavy atom. The van der Waals surface area contributed by atoms with Crippen molar-refractivity contribution in [3.8, 4) is 0 Å². The highest BCUT2D eigenvalue weighted by Crippen LogP contribution is 2.24. The van der Waals surface area contributed by atoms with Crippen LogP contribution in [-0.4, -0.2) is 28.6 Å². The van der Waals surface area contributed by atoms with Gasteiger partial charge in [0.1, 0.15) is 0 Å². The second-order valence-electron chi connectivity index (χ2n) is 3.94. The average Bonchev–Trinajstić information content (AvgIpc) is 2.67. The normalized spacial score (nSPS) is 10.4. The number of amides is 2. The van der Waals surface area contributed by atoms with Crippen molar-refractivity contribution in [2.75, 3.05) is 11.9 Å². The van der Waals surface area contributed by atoms with Crippen molar-refractivity contribution in [2.24, 2.45) is 0 Å². The fourth-order valence-corrected chi connectivity index (χ4v) is 2.44. The van der Waals surface area contributed by atoms with Crippen LogP contribution in [0.15, 0.2) is 18.2 Å². The second kappa shape index (κ2) is 5.66. The summed E-state index contributed by atoms with van der Waals surface area (Å²) < 4.78 is 1.00. The van der Waals surface area contributed by atoms with Crippen LogP contribution >= 0.6 is 11.3 Å². The molecule has 0 saturated carbocycles. The average molecular weight is 279 g/mol. The van der Waals surface area contributed by atoms with Crippen LogP contribution in [0.25, 0.3) is 10.2 Å². The number of thiazole rings is 1. The van der Waals surface area contributed by atoms with Crippen LogP contribution in [0, 0.1) is 6.92 Å². The second-order valence-corrected chi connectivity index (χ2v) is 5.17. The Hall–Kier alpha value is -2.15. The van der Waals surface area contributed by atoms with Crippen molar-refractivity contribution < 1.29 is 14.7 Å². The molecule has 1 aromatic heterocycles. The lowest BCUT2D eigenvalue weighted by molar-refractivity contribution is -0.136. The van der Waals surface area contributed by atoms with Gasteiger partial charge in [-0.25, -0.2) is 9.78 Å². The van der Waals surface area contributed by atoms with Crippen LogP contribution in [0.1, 0.15) is 11.4 Å². The Balaban J connectivity index is 1.96. The SMILES string of the molecule is Cc1nc2ccc(NC(=O)NCCC(=O)O)cc2s1. The molecule has 0 fully saturated rings. The first-order valence-corrected chi connectivity index (χ1v) is 6.50. The number of fused-ring (bicyclic) bond motifs is 1. The minimum atomic E-state index is -0.943. The van der Waals surface area contributed by atoms with Crippen LogP contribution in [0.3, 0.4) is 0 Å². The third kappa shape index (κ3) is 3.65. The molecule has 0 bridgehead atoms. The van der Waals surface area contributed by atoms with E-state index >= 15 is 0 Å². The van der Waals surface area contributed by atoms with Gasteiger partial charge in [0.15, 0.2) is 0 Å². The molecule has 2 aromatic rings. The number of nitrogens with zero attached hydrogens (tertiary/aromatic N) is 1. The number of benzene rings is 1. The van der Waals surface area contributed by atoms with Gasteiger partial charge in [0.25, 0.3) is 0 Å². The first-order valence-electron chi connectivity index (χ1n) is 5.68.